The van der Waals surface area contributed by atoms with Crippen LogP contribution in [0.25, 0.3) is 16.6 Å². The maximum Gasteiger partial charge on any atom is 0.274 e. The number of rotatable bonds is 9. The fourth-order valence-corrected chi connectivity index (χ4v) is 4.15. The number of aromatic nitrogens is 4. The minimum atomic E-state index is -0.280. The summed E-state index contributed by atoms with van der Waals surface area (Å²) in [5.41, 5.74) is 3.56. The highest BCUT2D eigenvalue weighted by atomic mass is 16.5. The van der Waals surface area contributed by atoms with Crippen LogP contribution in [0.15, 0.2) is 54.7 Å². The minimum absolute atomic E-state index is 0.130. The molecule has 0 saturated heterocycles. The van der Waals surface area contributed by atoms with Crippen LogP contribution in [0.4, 0.5) is 0 Å². The zero-order chi connectivity index (χ0) is 24.9. The Bertz CT molecular complexity index is 1330. The molecule has 182 valence electrons. The van der Waals surface area contributed by atoms with E-state index >= 15 is 0 Å². The predicted octanol–water partition coefficient (Wildman–Crippen LogP) is 5.05. The van der Waals surface area contributed by atoms with Crippen LogP contribution in [-0.4, -0.2) is 39.1 Å². The number of nitrogens with zero attached hydrogens (tertiary/aromatic N) is 4. The predicted molar refractivity (Wildman–Crippen MR) is 135 cm³/mol. The van der Waals surface area contributed by atoms with E-state index in [4.69, 9.17) is 9.47 Å². The molecule has 2 aromatic heterocycles. The lowest BCUT2D eigenvalue weighted by molar-refractivity contribution is 0.0919. The van der Waals surface area contributed by atoms with E-state index in [1.165, 1.54) is 0 Å². The van der Waals surface area contributed by atoms with Crippen molar-refractivity contribution in [2.75, 3.05) is 13.2 Å². The van der Waals surface area contributed by atoms with E-state index in [1.54, 1.807) is 10.9 Å². The van der Waals surface area contributed by atoms with Crippen LogP contribution in [-0.2, 0) is 0 Å². The van der Waals surface area contributed by atoms with Gasteiger partial charge in [0.25, 0.3) is 5.91 Å². The Morgan fingerprint density at radius 2 is 1.80 bits per heavy atom. The number of nitrogens with one attached hydrogen (secondary N) is 1. The molecule has 0 saturated carbocycles. The quantitative estimate of drug-likeness (QED) is 0.366. The fraction of sp³-hybridized carbons (Fsp3) is 0.333. The molecular weight excluding hydrogens is 442 g/mol. The molecule has 4 aromatic rings. The van der Waals surface area contributed by atoms with Crippen LogP contribution in [0.2, 0.25) is 0 Å². The fourth-order valence-electron chi connectivity index (χ4n) is 4.15. The first-order chi connectivity index (χ1) is 16.9. The molecule has 0 aliphatic carbocycles. The van der Waals surface area contributed by atoms with Gasteiger partial charge in [-0.25, -0.2) is 4.68 Å². The van der Waals surface area contributed by atoms with Crippen LogP contribution in [0.1, 0.15) is 55.5 Å². The molecule has 0 aliphatic heterocycles. The van der Waals surface area contributed by atoms with Crippen LogP contribution in [0, 0.1) is 12.8 Å². The summed E-state index contributed by atoms with van der Waals surface area (Å²) >= 11 is 0. The minimum Gasteiger partial charge on any atom is -0.490 e. The second kappa shape index (κ2) is 10.5. The summed E-state index contributed by atoms with van der Waals surface area (Å²) in [6.45, 7) is 10.9. The van der Waals surface area contributed by atoms with Gasteiger partial charge in [0, 0.05) is 11.6 Å². The Morgan fingerprint density at radius 1 is 1.03 bits per heavy atom. The van der Waals surface area contributed by atoms with E-state index in [1.807, 2.05) is 69.3 Å². The van der Waals surface area contributed by atoms with Gasteiger partial charge >= 0.3 is 0 Å². The van der Waals surface area contributed by atoms with Crippen LogP contribution >= 0.6 is 0 Å². The van der Waals surface area contributed by atoms with Gasteiger partial charge in [-0.3, -0.25) is 9.78 Å². The topological polar surface area (TPSA) is 91.2 Å². The van der Waals surface area contributed by atoms with Gasteiger partial charge in [-0.2, -0.15) is 0 Å². The van der Waals surface area contributed by atoms with Gasteiger partial charge in [0.15, 0.2) is 17.2 Å². The molecule has 0 bridgehead atoms. The molecule has 8 heteroatoms. The van der Waals surface area contributed by atoms with E-state index in [9.17, 15) is 4.79 Å². The lowest BCUT2D eigenvalue weighted by Crippen LogP contribution is -2.32. The number of amides is 1. The summed E-state index contributed by atoms with van der Waals surface area (Å²) in [6.07, 6.45) is 1.75. The second-order valence-corrected chi connectivity index (χ2v) is 8.55. The van der Waals surface area contributed by atoms with Crippen LogP contribution in [0.3, 0.4) is 0 Å². The molecule has 4 rings (SSSR count). The van der Waals surface area contributed by atoms with Crippen molar-refractivity contribution in [3.05, 3.63) is 71.7 Å². The van der Waals surface area contributed by atoms with Crippen molar-refractivity contribution in [3.8, 4) is 17.2 Å². The smallest absolute Gasteiger partial charge is 0.274 e. The zero-order valence-electron chi connectivity index (χ0n) is 20.8. The van der Waals surface area contributed by atoms with Crippen molar-refractivity contribution >= 4 is 16.8 Å². The average Bonchev–Trinajstić information content (AvgIpc) is 3.24. The monoisotopic (exact) mass is 473 g/mol. The zero-order valence-corrected chi connectivity index (χ0v) is 20.8. The Hall–Kier alpha value is -3.94. The summed E-state index contributed by atoms with van der Waals surface area (Å²) in [6, 6.07) is 15.2. The molecule has 1 amide bonds. The molecule has 0 aliphatic rings. The lowest BCUT2D eigenvalue weighted by Gasteiger charge is -2.24. The molecule has 1 atom stereocenters. The molecule has 1 N–H and O–H groups in total. The third kappa shape index (κ3) is 4.96. The maximum absolute atomic E-state index is 13.3. The molecule has 35 heavy (non-hydrogen) atoms. The summed E-state index contributed by atoms with van der Waals surface area (Å²) in [5, 5.41) is 12.6. The first-order valence-electron chi connectivity index (χ1n) is 11.9. The molecule has 1 unspecified atom stereocenters. The normalized spacial score (nSPS) is 12.1. The van der Waals surface area contributed by atoms with Gasteiger partial charge in [-0.15, -0.1) is 5.10 Å². The Morgan fingerprint density at radius 3 is 2.54 bits per heavy atom. The van der Waals surface area contributed by atoms with Gasteiger partial charge in [0.05, 0.1) is 36.2 Å². The third-order valence-corrected chi connectivity index (χ3v) is 5.84. The van der Waals surface area contributed by atoms with Gasteiger partial charge in [-0.05, 0) is 68.7 Å². The van der Waals surface area contributed by atoms with Crippen molar-refractivity contribution in [3.63, 3.8) is 0 Å². The largest absolute Gasteiger partial charge is 0.490 e. The highest BCUT2D eigenvalue weighted by molar-refractivity contribution is 5.94. The number of ether oxygens (including phenoxy) is 2. The van der Waals surface area contributed by atoms with Gasteiger partial charge in [0.2, 0.25) is 0 Å². The van der Waals surface area contributed by atoms with Crippen molar-refractivity contribution in [1.29, 1.82) is 0 Å². The van der Waals surface area contributed by atoms with E-state index < -0.39 is 0 Å². The summed E-state index contributed by atoms with van der Waals surface area (Å²) in [5.74, 6) is 1.21. The number of fused-ring (bicyclic) bond motifs is 1. The number of carbonyl (C=O) groups is 1. The summed E-state index contributed by atoms with van der Waals surface area (Å²) in [4.78, 5) is 17.8. The summed E-state index contributed by atoms with van der Waals surface area (Å²) < 4.78 is 13.2. The Balaban J connectivity index is 1.63. The van der Waals surface area contributed by atoms with E-state index in [2.05, 4.69) is 34.5 Å². The number of benzene rings is 2. The molecular formula is C27H31N5O3. The second-order valence-electron chi connectivity index (χ2n) is 8.55. The van der Waals surface area contributed by atoms with E-state index in [0.29, 0.717) is 30.4 Å². The summed E-state index contributed by atoms with van der Waals surface area (Å²) in [7, 11) is 0. The Labute approximate surface area is 205 Å². The van der Waals surface area contributed by atoms with Crippen LogP contribution in [0.5, 0.6) is 11.5 Å². The standard InChI is InChI=1S/C27H31N5O3/c1-6-34-23-14-13-19(16-24(23)35-7-2)25(17(3)4)29-27(33)26-18(5)32(31-30-26)22-12-8-11-21-20(22)10-9-15-28-21/h8-17,25H,6-7H2,1-5H3,(H,29,33). The first kappa shape index (κ1) is 24.2. The number of pyridine rings is 1. The van der Waals surface area contributed by atoms with Crippen molar-refractivity contribution in [2.45, 2.75) is 40.7 Å². The van der Waals surface area contributed by atoms with E-state index in [0.717, 1.165) is 22.2 Å². The number of hydrogen-bond acceptors (Lipinski definition) is 6. The van der Waals surface area contributed by atoms with Crippen molar-refractivity contribution < 1.29 is 14.3 Å². The Kier molecular flexibility index (Phi) is 7.29. The molecule has 2 heterocycles. The molecule has 0 fully saturated rings. The highest BCUT2D eigenvalue weighted by Crippen LogP contribution is 2.33. The van der Waals surface area contributed by atoms with Gasteiger partial charge in [-0.1, -0.05) is 31.2 Å². The number of hydrogen-bond donors (Lipinski definition) is 1. The first-order valence-corrected chi connectivity index (χ1v) is 11.9. The molecule has 0 spiro atoms. The molecule has 8 nitrogen and oxygen atoms in total. The number of carbonyl (C=O) groups excluding carboxylic acids is 1. The molecule has 0 radical (unpaired) electrons. The van der Waals surface area contributed by atoms with Crippen LogP contribution < -0.4 is 14.8 Å². The van der Waals surface area contributed by atoms with Gasteiger partial charge < -0.3 is 14.8 Å². The lowest BCUT2D eigenvalue weighted by atomic mass is 9.95. The van der Waals surface area contributed by atoms with Crippen molar-refractivity contribution in [1.82, 2.24) is 25.3 Å². The van der Waals surface area contributed by atoms with Crippen molar-refractivity contribution in [2.24, 2.45) is 5.92 Å². The van der Waals surface area contributed by atoms with E-state index in [-0.39, 0.29) is 23.6 Å². The maximum atomic E-state index is 13.3. The third-order valence-electron chi connectivity index (χ3n) is 5.84. The van der Waals surface area contributed by atoms with Gasteiger partial charge in [0.1, 0.15) is 0 Å². The highest BCUT2D eigenvalue weighted by Gasteiger charge is 2.25. The molecule has 2 aromatic carbocycles. The SMILES string of the molecule is CCOc1ccc(C(NC(=O)c2nnn(-c3cccc4ncccc34)c2C)C(C)C)cc1OCC. The average molecular weight is 474 g/mol.